The van der Waals surface area contributed by atoms with Gasteiger partial charge in [-0.15, -0.1) is 0 Å². The fourth-order valence-electron chi connectivity index (χ4n) is 1.87. The first kappa shape index (κ1) is 17.1. The van der Waals surface area contributed by atoms with Crippen molar-refractivity contribution in [1.29, 1.82) is 0 Å². The maximum atomic E-state index is 13.7. The van der Waals surface area contributed by atoms with Crippen LogP contribution in [0.5, 0.6) is 0 Å². The van der Waals surface area contributed by atoms with Crippen LogP contribution in [0.2, 0.25) is 0 Å². The summed E-state index contributed by atoms with van der Waals surface area (Å²) in [4.78, 5) is 26.2. The van der Waals surface area contributed by atoms with Gasteiger partial charge in [0.15, 0.2) is 11.6 Å². The van der Waals surface area contributed by atoms with E-state index in [2.05, 4.69) is 9.72 Å². The molecule has 1 aliphatic rings. The van der Waals surface area contributed by atoms with Crippen molar-refractivity contribution < 1.29 is 18.7 Å². The van der Waals surface area contributed by atoms with Crippen LogP contribution in [0.15, 0.2) is 11.0 Å². The predicted octanol–water partition coefficient (Wildman–Crippen LogP) is 2.28. The third-order valence-electron chi connectivity index (χ3n) is 2.83. The van der Waals surface area contributed by atoms with E-state index in [1.807, 2.05) is 26.1 Å². The number of nitrogens with zero attached hydrogens (tertiary/aromatic N) is 2. The number of carbonyl (C=O) groups excluding carboxylic acids is 1. The first-order chi connectivity index (χ1) is 10.0. The van der Waals surface area contributed by atoms with Gasteiger partial charge in [0.2, 0.25) is 0 Å². The molecule has 1 fully saturated rings. The minimum absolute atomic E-state index is 0.0211. The van der Waals surface area contributed by atoms with Crippen molar-refractivity contribution in [2.24, 2.45) is 0 Å². The van der Waals surface area contributed by atoms with Crippen LogP contribution in [-0.4, -0.2) is 28.9 Å². The predicted molar refractivity (Wildman–Crippen MR) is 74.6 cm³/mol. The lowest BCUT2D eigenvalue weighted by Gasteiger charge is -2.14. The number of ether oxygens (including phenoxy) is 2. The summed E-state index contributed by atoms with van der Waals surface area (Å²) < 4.78 is 24.6. The summed E-state index contributed by atoms with van der Waals surface area (Å²) >= 11 is 0. The molecule has 2 rings (SSSR count). The Morgan fingerprint density at radius 2 is 2.19 bits per heavy atom. The van der Waals surface area contributed by atoms with Crippen molar-refractivity contribution in [2.45, 2.75) is 45.9 Å². The van der Waals surface area contributed by atoms with Crippen molar-refractivity contribution in [2.75, 3.05) is 12.4 Å². The highest BCUT2D eigenvalue weighted by molar-refractivity contribution is 5.83. The minimum Gasteiger partial charge on any atom is -0.453 e. The Kier molecular flexibility index (Phi) is 6.29. The van der Waals surface area contributed by atoms with Gasteiger partial charge in [-0.2, -0.15) is 4.98 Å². The number of nitrogens with one attached hydrogen (secondary N) is 1. The zero-order valence-corrected chi connectivity index (χ0v) is 12.6. The van der Waals surface area contributed by atoms with Crippen molar-refractivity contribution >= 4 is 11.9 Å². The molecule has 1 aromatic rings. The van der Waals surface area contributed by atoms with Crippen molar-refractivity contribution in [3.05, 3.63) is 22.5 Å². The van der Waals surface area contributed by atoms with Crippen molar-refractivity contribution in [1.82, 2.24) is 9.55 Å². The lowest BCUT2D eigenvalue weighted by molar-refractivity contribution is 0.00746. The Hall–Kier alpha value is -1.96. The molecule has 118 valence electrons. The van der Waals surface area contributed by atoms with Crippen LogP contribution in [0.1, 0.15) is 39.8 Å². The maximum absolute atomic E-state index is 13.7. The Bertz CT molecular complexity index is 547. The van der Waals surface area contributed by atoms with E-state index < -0.39 is 29.6 Å². The van der Waals surface area contributed by atoms with E-state index >= 15 is 0 Å². The summed E-state index contributed by atoms with van der Waals surface area (Å²) in [5.41, 5.74) is -0.688. The molecule has 7 nitrogen and oxygen atoms in total. The van der Waals surface area contributed by atoms with Gasteiger partial charge in [-0.3, -0.25) is 9.88 Å². The summed E-state index contributed by atoms with van der Waals surface area (Å²) in [5.74, 6) is -1.28. The molecule has 0 bridgehead atoms. The molecule has 1 amide bonds. The van der Waals surface area contributed by atoms with Crippen molar-refractivity contribution in [3.8, 4) is 0 Å². The molecule has 1 saturated heterocycles. The number of carbonyl (C=O) groups is 1. The topological polar surface area (TPSA) is 82.5 Å². The molecule has 2 heterocycles. The third kappa shape index (κ3) is 4.25. The molecule has 1 N–H and O–H groups in total. The molecule has 0 spiro atoms. The summed E-state index contributed by atoms with van der Waals surface area (Å²) in [6.07, 6.45) is 0.995. The first-order valence-electron chi connectivity index (χ1n) is 6.80. The fourth-order valence-corrected chi connectivity index (χ4v) is 1.87. The van der Waals surface area contributed by atoms with Gasteiger partial charge in [0.25, 0.3) is 0 Å². The van der Waals surface area contributed by atoms with E-state index in [0.29, 0.717) is 6.42 Å². The number of anilines is 1. The lowest BCUT2D eigenvalue weighted by atomic mass is 10.2. The zero-order chi connectivity index (χ0) is 16.0. The number of rotatable bonds is 2. The van der Waals surface area contributed by atoms with Gasteiger partial charge in [-0.1, -0.05) is 13.8 Å². The maximum Gasteiger partial charge on any atom is 0.412 e. The van der Waals surface area contributed by atoms with Crippen LogP contribution in [0.3, 0.4) is 0 Å². The number of amides is 1. The lowest BCUT2D eigenvalue weighted by Crippen LogP contribution is -2.29. The van der Waals surface area contributed by atoms with Crippen LogP contribution in [0.25, 0.3) is 0 Å². The average molecular weight is 301 g/mol. The SMILES string of the molecule is CC.COC(=O)Nc1nc(=O)n(C2CCC(C)O2)cc1F. The van der Waals surface area contributed by atoms with E-state index in [4.69, 9.17) is 4.74 Å². The largest absolute Gasteiger partial charge is 0.453 e. The van der Waals surface area contributed by atoms with Gasteiger partial charge in [0.1, 0.15) is 6.23 Å². The highest BCUT2D eigenvalue weighted by atomic mass is 19.1. The monoisotopic (exact) mass is 301 g/mol. The smallest absolute Gasteiger partial charge is 0.412 e. The van der Waals surface area contributed by atoms with Crippen LogP contribution in [0, 0.1) is 5.82 Å². The van der Waals surface area contributed by atoms with Crippen LogP contribution >= 0.6 is 0 Å². The normalized spacial score (nSPS) is 20.4. The quantitative estimate of drug-likeness (QED) is 0.906. The Morgan fingerprint density at radius 1 is 1.52 bits per heavy atom. The zero-order valence-electron chi connectivity index (χ0n) is 12.6. The second-order valence-electron chi connectivity index (χ2n) is 4.22. The summed E-state index contributed by atoms with van der Waals surface area (Å²) in [7, 11) is 1.13. The average Bonchev–Trinajstić information content (AvgIpc) is 2.90. The van der Waals surface area contributed by atoms with E-state index in [9.17, 15) is 14.0 Å². The molecular weight excluding hydrogens is 281 g/mol. The third-order valence-corrected chi connectivity index (χ3v) is 2.83. The van der Waals surface area contributed by atoms with Crippen LogP contribution < -0.4 is 11.0 Å². The van der Waals surface area contributed by atoms with Gasteiger partial charge < -0.3 is 9.47 Å². The van der Waals surface area contributed by atoms with Gasteiger partial charge in [-0.25, -0.2) is 14.0 Å². The molecule has 2 atom stereocenters. The van der Waals surface area contributed by atoms with E-state index in [-0.39, 0.29) is 6.10 Å². The minimum atomic E-state index is -0.894. The van der Waals surface area contributed by atoms with Gasteiger partial charge in [0, 0.05) is 0 Å². The first-order valence-corrected chi connectivity index (χ1v) is 6.80. The Morgan fingerprint density at radius 3 is 2.71 bits per heavy atom. The molecule has 1 aliphatic heterocycles. The molecule has 8 heteroatoms. The molecule has 0 aromatic carbocycles. The van der Waals surface area contributed by atoms with Crippen molar-refractivity contribution in [3.63, 3.8) is 0 Å². The molecule has 21 heavy (non-hydrogen) atoms. The molecule has 0 radical (unpaired) electrons. The second kappa shape index (κ2) is 7.72. The summed E-state index contributed by atoms with van der Waals surface area (Å²) in [5, 5.41) is 2.03. The number of halogens is 1. The molecule has 1 aromatic heterocycles. The highest BCUT2D eigenvalue weighted by Gasteiger charge is 2.25. The number of hydrogen-bond acceptors (Lipinski definition) is 5. The van der Waals surface area contributed by atoms with Crippen LogP contribution in [-0.2, 0) is 9.47 Å². The number of methoxy groups -OCH3 is 1. The number of aromatic nitrogens is 2. The molecule has 0 saturated carbocycles. The second-order valence-corrected chi connectivity index (χ2v) is 4.22. The number of hydrogen-bond donors (Lipinski definition) is 1. The van der Waals surface area contributed by atoms with E-state index in [1.54, 1.807) is 0 Å². The van der Waals surface area contributed by atoms with Gasteiger partial charge in [0.05, 0.1) is 19.4 Å². The van der Waals surface area contributed by atoms with Crippen LogP contribution in [0.4, 0.5) is 15.0 Å². The van der Waals surface area contributed by atoms with E-state index in [0.717, 1.165) is 24.3 Å². The molecule has 0 aliphatic carbocycles. The standard InChI is InChI=1S/C11H14FN3O4.C2H6/c1-6-3-4-8(19-6)15-5-7(12)9(13-10(15)16)14-11(17)18-2;1-2/h5-6,8H,3-4H2,1-2H3,(H,13,14,16,17);1-2H3. The molecule has 2 unspecified atom stereocenters. The van der Waals surface area contributed by atoms with E-state index in [1.165, 1.54) is 0 Å². The highest BCUT2D eigenvalue weighted by Crippen LogP contribution is 2.26. The Balaban J connectivity index is 0.00000106. The summed E-state index contributed by atoms with van der Waals surface area (Å²) in [6, 6.07) is 0. The van der Waals surface area contributed by atoms with Gasteiger partial charge >= 0.3 is 11.8 Å². The molecular formula is C13H20FN3O4. The summed E-state index contributed by atoms with van der Waals surface area (Å²) in [6.45, 7) is 5.88. The fraction of sp³-hybridized carbons (Fsp3) is 0.615. The van der Waals surface area contributed by atoms with Gasteiger partial charge in [-0.05, 0) is 19.8 Å². The Labute approximate surface area is 122 Å².